The molecule has 100 valence electrons. The molecular weight excluding hydrogens is 306 g/mol. The van der Waals surface area contributed by atoms with E-state index in [1.807, 2.05) is 18.2 Å². The summed E-state index contributed by atoms with van der Waals surface area (Å²) in [4.78, 5) is 4.92. The van der Waals surface area contributed by atoms with Crippen LogP contribution in [0.4, 0.5) is 0 Å². The monoisotopic (exact) mass is 321 g/mol. The van der Waals surface area contributed by atoms with Gasteiger partial charge in [0.05, 0.1) is 31.4 Å². The van der Waals surface area contributed by atoms with Crippen molar-refractivity contribution in [1.29, 1.82) is 0 Å². The maximum Gasteiger partial charge on any atom is 0.0938 e. The van der Waals surface area contributed by atoms with Gasteiger partial charge in [-0.3, -0.25) is 4.98 Å². The molecule has 0 radical (unpaired) electrons. The maximum absolute atomic E-state index is 5.70. The number of pyridine rings is 1. The van der Waals surface area contributed by atoms with E-state index in [1.165, 1.54) is 5.39 Å². The molecule has 2 aromatic rings. The van der Waals surface area contributed by atoms with Crippen molar-refractivity contribution in [3.8, 4) is 0 Å². The van der Waals surface area contributed by atoms with Gasteiger partial charge in [0, 0.05) is 22.3 Å². The van der Waals surface area contributed by atoms with Gasteiger partial charge in [0.2, 0.25) is 0 Å². The molecule has 1 aliphatic heterocycles. The van der Waals surface area contributed by atoms with Crippen molar-refractivity contribution < 1.29 is 9.47 Å². The van der Waals surface area contributed by atoms with Gasteiger partial charge in [-0.25, -0.2) is 0 Å². The molecule has 1 aromatic heterocycles. The van der Waals surface area contributed by atoms with Gasteiger partial charge in [-0.2, -0.15) is 0 Å². The molecule has 3 nitrogen and oxygen atoms in total. The molecule has 1 fully saturated rings. The SMILES string of the molecule is BrC(Cc1ccc2ccccc2n1)C1COCCO1. The Morgan fingerprint density at radius 2 is 2.11 bits per heavy atom. The zero-order chi connectivity index (χ0) is 13.1. The zero-order valence-electron chi connectivity index (χ0n) is 10.6. The lowest BCUT2D eigenvalue weighted by Crippen LogP contribution is -2.36. The molecule has 2 unspecified atom stereocenters. The molecule has 2 atom stereocenters. The summed E-state index contributed by atoms with van der Waals surface area (Å²) in [5.74, 6) is 0. The van der Waals surface area contributed by atoms with Gasteiger partial charge in [-0.1, -0.05) is 40.2 Å². The van der Waals surface area contributed by atoms with E-state index in [1.54, 1.807) is 0 Å². The van der Waals surface area contributed by atoms with E-state index < -0.39 is 0 Å². The summed E-state index contributed by atoms with van der Waals surface area (Å²) < 4.78 is 11.1. The van der Waals surface area contributed by atoms with Crippen LogP contribution in [0.15, 0.2) is 36.4 Å². The third-order valence-corrected chi connectivity index (χ3v) is 4.22. The Labute approximate surface area is 121 Å². The number of halogens is 1. The molecule has 1 aliphatic rings. The molecule has 3 rings (SSSR count). The predicted molar refractivity (Wildman–Crippen MR) is 78.7 cm³/mol. The Kier molecular flexibility index (Phi) is 4.11. The number of benzene rings is 1. The molecule has 0 amide bonds. The highest BCUT2D eigenvalue weighted by molar-refractivity contribution is 9.09. The van der Waals surface area contributed by atoms with Crippen LogP contribution >= 0.6 is 15.9 Å². The first-order valence-corrected chi connectivity index (χ1v) is 7.42. The average molecular weight is 322 g/mol. The number of ether oxygens (including phenoxy) is 2. The largest absolute Gasteiger partial charge is 0.376 e. The van der Waals surface area contributed by atoms with Gasteiger partial charge in [-0.15, -0.1) is 0 Å². The van der Waals surface area contributed by atoms with Crippen molar-refractivity contribution in [3.63, 3.8) is 0 Å². The van der Waals surface area contributed by atoms with Crippen LogP contribution in [0.2, 0.25) is 0 Å². The van der Waals surface area contributed by atoms with E-state index in [2.05, 4.69) is 39.1 Å². The van der Waals surface area contributed by atoms with Crippen LogP contribution in [0.1, 0.15) is 5.69 Å². The van der Waals surface area contributed by atoms with Crippen LogP contribution in [0.5, 0.6) is 0 Å². The van der Waals surface area contributed by atoms with Gasteiger partial charge in [-0.05, 0) is 12.1 Å². The lowest BCUT2D eigenvalue weighted by atomic mass is 10.1. The van der Waals surface area contributed by atoms with Crippen LogP contribution in [-0.2, 0) is 15.9 Å². The van der Waals surface area contributed by atoms with Crippen molar-refractivity contribution in [2.75, 3.05) is 19.8 Å². The van der Waals surface area contributed by atoms with Crippen LogP contribution in [0.3, 0.4) is 0 Å². The maximum atomic E-state index is 5.70. The van der Waals surface area contributed by atoms with Gasteiger partial charge in [0.1, 0.15) is 0 Å². The predicted octanol–water partition coefficient (Wildman–Crippen LogP) is 2.96. The van der Waals surface area contributed by atoms with E-state index in [0.29, 0.717) is 19.8 Å². The Hall–Kier alpha value is -0.970. The molecule has 0 saturated carbocycles. The summed E-state index contributed by atoms with van der Waals surface area (Å²) in [5.41, 5.74) is 2.12. The Morgan fingerprint density at radius 1 is 1.21 bits per heavy atom. The van der Waals surface area contributed by atoms with E-state index in [0.717, 1.165) is 17.6 Å². The topological polar surface area (TPSA) is 31.4 Å². The molecule has 1 aromatic carbocycles. The molecular formula is C15H16BrNO2. The molecule has 4 heteroatoms. The Bertz CT molecular complexity index is 555. The van der Waals surface area contributed by atoms with Crippen molar-refractivity contribution >= 4 is 26.8 Å². The van der Waals surface area contributed by atoms with Crippen LogP contribution < -0.4 is 0 Å². The highest BCUT2D eigenvalue weighted by atomic mass is 79.9. The second kappa shape index (κ2) is 5.99. The van der Waals surface area contributed by atoms with Gasteiger partial charge >= 0.3 is 0 Å². The van der Waals surface area contributed by atoms with Crippen LogP contribution in [0, 0.1) is 0 Å². The first-order chi connectivity index (χ1) is 9.33. The smallest absolute Gasteiger partial charge is 0.0938 e. The minimum atomic E-state index is 0.113. The molecule has 19 heavy (non-hydrogen) atoms. The first kappa shape index (κ1) is 13.0. The molecule has 0 bridgehead atoms. The Balaban J connectivity index is 1.73. The lowest BCUT2D eigenvalue weighted by molar-refractivity contribution is -0.0871. The summed E-state index contributed by atoms with van der Waals surface area (Å²) in [6.07, 6.45) is 0.959. The standard InChI is InChI=1S/C15H16BrNO2/c16-13(15-10-18-7-8-19-15)9-12-6-5-11-3-1-2-4-14(11)17-12/h1-6,13,15H,7-10H2. The fourth-order valence-electron chi connectivity index (χ4n) is 2.27. The van der Waals surface area contributed by atoms with Crippen molar-refractivity contribution in [2.24, 2.45) is 0 Å². The number of fused-ring (bicyclic) bond motifs is 1. The zero-order valence-corrected chi connectivity index (χ0v) is 12.2. The summed E-state index contributed by atoms with van der Waals surface area (Å²) in [6, 6.07) is 12.4. The molecule has 2 heterocycles. The lowest BCUT2D eigenvalue weighted by Gasteiger charge is -2.26. The average Bonchev–Trinajstić information content (AvgIpc) is 2.48. The van der Waals surface area contributed by atoms with Gasteiger partial charge in [0.15, 0.2) is 0 Å². The minimum absolute atomic E-state index is 0.113. The van der Waals surface area contributed by atoms with E-state index >= 15 is 0 Å². The van der Waals surface area contributed by atoms with E-state index in [4.69, 9.17) is 9.47 Å². The van der Waals surface area contributed by atoms with Gasteiger partial charge < -0.3 is 9.47 Å². The molecule has 0 aliphatic carbocycles. The second-order valence-electron chi connectivity index (χ2n) is 4.70. The fraction of sp³-hybridized carbons (Fsp3) is 0.400. The highest BCUT2D eigenvalue weighted by Gasteiger charge is 2.23. The summed E-state index contributed by atoms with van der Waals surface area (Å²) in [7, 11) is 0. The van der Waals surface area contributed by atoms with Crippen molar-refractivity contribution in [1.82, 2.24) is 4.98 Å². The number of para-hydroxylation sites is 1. The number of hydrogen-bond acceptors (Lipinski definition) is 3. The van der Waals surface area contributed by atoms with Gasteiger partial charge in [0.25, 0.3) is 0 Å². The highest BCUT2D eigenvalue weighted by Crippen LogP contribution is 2.19. The molecule has 0 spiro atoms. The summed E-state index contributed by atoms with van der Waals surface area (Å²) >= 11 is 3.70. The van der Waals surface area contributed by atoms with E-state index in [9.17, 15) is 0 Å². The summed E-state index contributed by atoms with van der Waals surface area (Å²) in [5, 5.41) is 1.18. The minimum Gasteiger partial charge on any atom is -0.376 e. The van der Waals surface area contributed by atoms with Crippen LogP contribution in [0.25, 0.3) is 10.9 Å². The number of aromatic nitrogens is 1. The Morgan fingerprint density at radius 3 is 2.95 bits per heavy atom. The molecule has 0 N–H and O–H groups in total. The quantitative estimate of drug-likeness (QED) is 0.814. The third-order valence-electron chi connectivity index (χ3n) is 3.31. The normalized spacial score (nSPS) is 21.4. The number of nitrogens with zero attached hydrogens (tertiary/aromatic N) is 1. The second-order valence-corrected chi connectivity index (χ2v) is 5.88. The summed E-state index contributed by atoms with van der Waals surface area (Å²) in [6.45, 7) is 2.03. The van der Waals surface area contributed by atoms with Crippen LogP contribution in [-0.4, -0.2) is 35.7 Å². The van der Waals surface area contributed by atoms with Crippen molar-refractivity contribution in [3.05, 3.63) is 42.1 Å². The number of rotatable bonds is 3. The molecule has 1 saturated heterocycles. The third kappa shape index (κ3) is 3.14. The number of hydrogen-bond donors (Lipinski definition) is 0. The van der Waals surface area contributed by atoms with Crippen molar-refractivity contribution in [2.45, 2.75) is 17.4 Å². The number of alkyl halides is 1. The van der Waals surface area contributed by atoms with E-state index in [-0.39, 0.29) is 10.9 Å². The first-order valence-electron chi connectivity index (χ1n) is 6.51. The fourth-order valence-corrected chi connectivity index (χ4v) is 2.90.